The predicted molar refractivity (Wildman–Crippen MR) is 73.5 cm³/mol. The fourth-order valence-electron chi connectivity index (χ4n) is 1.63. The van der Waals surface area contributed by atoms with Crippen molar-refractivity contribution in [3.8, 4) is 5.75 Å². The van der Waals surface area contributed by atoms with Gasteiger partial charge in [-0.3, -0.25) is 0 Å². The van der Waals surface area contributed by atoms with Crippen molar-refractivity contribution in [2.24, 2.45) is 5.92 Å². The van der Waals surface area contributed by atoms with Crippen LogP contribution < -0.4 is 4.74 Å². The Morgan fingerprint density at radius 1 is 1.26 bits per heavy atom. The van der Waals surface area contributed by atoms with Gasteiger partial charge in [0.05, 0.1) is 13.2 Å². The third kappa shape index (κ3) is 5.75. The van der Waals surface area contributed by atoms with Gasteiger partial charge < -0.3 is 14.6 Å². The Bertz CT molecular complexity index is 384. The average molecular weight is 266 g/mol. The van der Waals surface area contributed by atoms with Gasteiger partial charge in [-0.25, -0.2) is 4.79 Å². The zero-order valence-electron chi connectivity index (χ0n) is 11.8. The summed E-state index contributed by atoms with van der Waals surface area (Å²) in [7, 11) is 0. The van der Waals surface area contributed by atoms with Gasteiger partial charge in [-0.2, -0.15) is 0 Å². The minimum Gasteiger partial charge on any atom is -0.494 e. The summed E-state index contributed by atoms with van der Waals surface area (Å²) in [6, 6.07) is 7.44. The molecule has 1 aromatic rings. The Kier molecular flexibility index (Phi) is 6.36. The third-order valence-corrected chi connectivity index (χ3v) is 2.56. The average Bonchev–Trinajstić information content (AvgIpc) is 2.36. The molecule has 0 aromatic heterocycles. The van der Waals surface area contributed by atoms with Crippen LogP contribution in [0, 0.1) is 5.92 Å². The van der Waals surface area contributed by atoms with Crippen LogP contribution in [0.1, 0.15) is 26.3 Å². The van der Waals surface area contributed by atoms with E-state index in [2.05, 4.69) is 0 Å². The Morgan fingerprint density at radius 3 is 2.37 bits per heavy atom. The number of carbonyl (C=O) groups is 1. The molecule has 0 radical (unpaired) electrons. The standard InChI is InChI=1S/C15H22O4/c1-4-18-13-7-5-12(6-8-13)9-14(15(16)17)19-10-11(2)3/h5-8,11,14H,4,9-10H2,1-3H3,(H,16,17)/t14-/m1/s1. The van der Waals surface area contributed by atoms with Crippen molar-refractivity contribution >= 4 is 5.97 Å². The van der Waals surface area contributed by atoms with E-state index >= 15 is 0 Å². The summed E-state index contributed by atoms with van der Waals surface area (Å²) >= 11 is 0. The summed E-state index contributed by atoms with van der Waals surface area (Å²) in [4.78, 5) is 11.1. The fraction of sp³-hybridized carbons (Fsp3) is 0.533. The van der Waals surface area contributed by atoms with Crippen LogP contribution in [-0.2, 0) is 16.0 Å². The monoisotopic (exact) mass is 266 g/mol. The molecule has 0 amide bonds. The molecule has 1 rings (SSSR count). The zero-order chi connectivity index (χ0) is 14.3. The minimum absolute atomic E-state index is 0.321. The topological polar surface area (TPSA) is 55.8 Å². The van der Waals surface area contributed by atoms with Crippen molar-refractivity contribution < 1.29 is 19.4 Å². The van der Waals surface area contributed by atoms with Gasteiger partial charge >= 0.3 is 5.97 Å². The van der Waals surface area contributed by atoms with E-state index in [1.54, 1.807) is 0 Å². The SMILES string of the molecule is CCOc1ccc(C[C@@H](OCC(C)C)C(=O)O)cc1. The van der Waals surface area contributed by atoms with Gasteiger partial charge in [-0.15, -0.1) is 0 Å². The molecule has 1 aromatic carbocycles. The number of carboxylic acids is 1. The highest BCUT2D eigenvalue weighted by Crippen LogP contribution is 2.14. The first-order valence-electron chi connectivity index (χ1n) is 6.59. The molecule has 0 unspecified atom stereocenters. The highest BCUT2D eigenvalue weighted by atomic mass is 16.5. The van der Waals surface area contributed by atoms with E-state index in [0.29, 0.717) is 25.6 Å². The molecule has 0 spiro atoms. The molecule has 4 nitrogen and oxygen atoms in total. The van der Waals surface area contributed by atoms with Gasteiger partial charge in [0.25, 0.3) is 0 Å². The van der Waals surface area contributed by atoms with Crippen LogP contribution in [-0.4, -0.2) is 30.4 Å². The summed E-state index contributed by atoms with van der Waals surface area (Å²) in [5.74, 6) is 0.193. The Morgan fingerprint density at radius 2 is 1.89 bits per heavy atom. The molecule has 0 aliphatic rings. The van der Waals surface area contributed by atoms with E-state index in [1.165, 1.54) is 0 Å². The van der Waals surface area contributed by atoms with Crippen LogP contribution in [0.15, 0.2) is 24.3 Å². The first kappa shape index (κ1) is 15.5. The van der Waals surface area contributed by atoms with Gasteiger partial charge in [0.2, 0.25) is 0 Å². The predicted octanol–water partition coefficient (Wildman–Crippen LogP) is 2.75. The van der Waals surface area contributed by atoms with Gasteiger partial charge in [0.15, 0.2) is 6.10 Å². The van der Waals surface area contributed by atoms with E-state index < -0.39 is 12.1 Å². The van der Waals surface area contributed by atoms with Crippen molar-refractivity contribution in [1.29, 1.82) is 0 Å². The number of ether oxygens (including phenoxy) is 2. The molecule has 0 aliphatic carbocycles. The van der Waals surface area contributed by atoms with Crippen molar-refractivity contribution in [2.75, 3.05) is 13.2 Å². The number of aliphatic carboxylic acids is 1. The lowest BCUT2D eigenvalue weighted by atomic mass is 10.1. The number of hydrogen-bond acceptors (Lipinski definition) is 3. The minimum atomic E-state index is -0.922. The lowest BCUT2D eigenvalue weighted by Crippen LogP contribution is -2.27. The normalized spacial score (nSPS) is 12.4. The van der Waals surface area contributed by atoms with Gasteiger partial charge in [0.1, 0.15) is 5.75 Å². The summed E-state index contributed by atoms with van der Waals surface area (Å²) in [5.41, 5.74) is 0.930. The van der Waals surface area contributed by atoms with Crippen LogP contribution in [0.3, 0.4) is 0 Å². The van der Waals surface area contributed by atoms with E-state index in [4.69, 9.17) is 14.6 Å². The molecule has 0 bridgehead atoms. The lowest BCUT2D eigenvalue weighted by molar-refractivity contribution is -0.150. The lowest BCUT2D eigenvalue weighted by Gasteiger charge is -2.15. The van der Waals surface area contributed by atoms with E-state index in [0.717, 1.165) is 11.3 Å². The molecule has 4 heteroatoms. The quantitative estimate of drug-likeness (QED) is 0.786. The molecule has 0 saturated heterocycles. The van der Waals surface area contributed by atoms with Crippen LogP contribution in [0.5, 0.6) is 5.75 Å². The van der Waals surface area contributed by atoms with Gasteiger partial charge in [-0.1, -0.05) is 26.0 Å². The maximum Gasteiger partial charge on any atom is 0.333 e. The van der Waals surface area contributed by atoms with Crippen molar-refractivity contribution in [1.82, 2.24) is 0 Å². The van der Waals surface area contributed by atoms with Gasteiger partial charge in [-0.05, 0) is 30.5 Å². The van der Waals surface area contributed by atoms with Crippen LogP contribution >= 0.6 is 0 Å². The van der Waals surface area contributed by atoms with Crippen molar-refractivity contribution in [3.05, 3.63) is 29.8 Å². The molecule has 0 saturated carbocycles. The number of benzene rings is 1. The molecule has 106 valence electrons. The molecular formula is C15H22O4. The van der Waals surface area contributed by atoms with Crippen LogP contribution in [0.25, 0.3) is 0 Å². The number of hydrogen-bond donors (Lipinski definition) is 1. The maximum absolute atomic E-state index is 11.1. The van der Waals surface area contributed by atoms with Gasteiger partial charge in [0, 0.05) is 6.42 Å². The first-order chi connectivity index (χ1) is 9.02. The summed E-state index contributed by atoms with van der Waals surface area (Å²) in [5, 5.41) is 9.14. The summed E-state index contributed by atoms with van der Waals surface area (Å²) < 4.78 is 10.8. The molecule has 0 aliphatic heterocycles. The van der Waals surface area contributed by atoms with Crippen molar-refractivity contribution in [2.45, 2.75) is 33.3 Å². The van der Waals surface area contributed by atoms with E-state index in [-0.39, 0.29) is 0 Å². The van der Waals surface area contributed by atoms with Crippen LogP contribution in [0.2, 0.25) is 0 Å². The smallest absolute Gasteiger partial charge is 0.333 e. The molecule has 19 heavy (non-hydrogen) atoms. The second kappa shape index (κ2) is 7.79. The third-order valence-electron chi connectivity index (χ3n) is 2.56. The Labute approximate surface area is 114 Å². The number of carboxylic acid groups (broad SMARTS) is 1. The highest BCUT2D eigenvalue weighted by molar-refractivity contribution is 5.72. The zero-order valence-corrected chi connectivity index (χ0v) is 11.8. The first-order valence-corrected chi connectivity index (χ1v) is 6.59. The maximum atomic E-state index is 11.1. The molecule has 1 atom stereocenters. The molecule has 0 fully saturated rings. The fourth-order valence-corrected chi connectivity index (χ4v) is 1.63. The van der Waals surface area contributed by atoms with E-state index in [1.807, 2.05) is 45.0 Å². The molecule has 1 N–H and O–H groups in total. The second-order valence-electron chi connectivity index (χ2n) is 4.84. The van der Waals surface area contributed by atoms with E-state index in [9.17, 15) is 4.79 Å². The Balaban J connectivity index is 2.60. The summed E-state index contributed by atoms with van der Waals surface area (Å²) in [6.07, 6.45) is -0.422. The van der Waals surface area contributed by atoms with Crippen molar-refractivity contribution in [3.63, 3.8) is 0 Å². The second-order valence-corrected chi connectivity index (χ2v) is 4.84. The number of rotatable bonds is 8. The highest BCUT2D eigenvalue weighted by Gasteiger charge is 2.19. The Hall–Kier alpha value is -1.55. The molecular weight excluding hydrogens is 244 g/mol. The summed E-state index contributed by atoms with van der Waals surface area (Å²) in [6.45, 7) is 6.99. The van der Waals surface area contributed by atoms with Crippen LogP contribution in [0.4, 0.5) is 0 Å². The largest absolute Gasteiger partial charge is 0.494 e. The molecule has 0 heterocycles.